The molecule has 142 valence electrons. The zero-order chi connectivity index (χ0) is 19.8. The molecular weight excluding hydrogens is 370 g/mol. The summed E-state index contributed by atoms with van der Waals surface area (Å²) >= 11 is -1.32. The van der Waals surface area contributed by atoms with Crippen molar-refractivity contribution >= 4 is 39.0 Å². The average molecular weight is 391 g/mol. The van der Waals surface area contributed by atoms with E-state index in [0.29, 0.717) is 17.0 Å². The van der Waals surface area contributed by atoms with Crippen LogP contribution in [0.1, 0.15) is 16.7 Å². The summed E-state index contributed by atoms with van der Waals surface area (Å²) in [4.78, 5) is 12.1. The van der Waals surface area contributed by atoms with E-state index < -0.39 is 17.1 Å². The van der Waals surface area contributed by atoms with Crippen LogP contribution in [-0.2, 0) is 28.9 Å². The van der Waals surface area contributed by atoms with E-state index in [1.165, 1.54) is 0 Å². The lowest BCUT2D eigenvalue weighted by Gasteiger charge is -2.15. The maximum absolute atomic E-state index is 12.8. The molecule has 0 bridgehead atoms. The van der Waals surface area contributed by atoms with Gasteiger partial charge in [0, 0.05) is 28.4 Å². The van der Waals surface area contributed by atoms with E-state index in [-0.39, 0.29) is 6.42 Å². The van der Waals surface area contributed by atoms with Crippen molar-refractivity contribution in [1.82, 2.24) is 4.57 Å². The number of benzene rings is 3. The van der Waals surface area contributed by atoms with E-state index in [2.05, 4.69) is 28.8 Å². The standard InChI is InChI=1S/C23H21NO3S/c1-15-12-17(13-20(25)26)23(28(2)27)22-21(15)18-10-6-7-11-19(18)24(22)14-16-8-4-3-5-9-16/h3-12H,13-14H2,1-2H3,(H,25,26). The van der Waals surface area contributed by atoms with E-state index in [4.69, 9.17) is 0 Å². The fourth-order valence-electron chi connectivity index (χ4n) is 4.04. The van der Waals surface area contributed by atoms with Gasteiger partial charge >= 0.3 is 5.97 Å². The molecule has 0 saturated heterocycles. The Bertz CT molecular complexity index is 1180. The number of carboxylic acid groups (broad SMARTS) is 1. The van der Waals surface area contributed by atoms with Gasteiger partial charge in [-0.1, -0.05) is 48.5 Å². The summed E-state index contributed by atoms with van der Waals surface area (Å²) in [6.07, 6.45) is 1.48. The Labute approximate surface area is 166 Å². The van der Waals surface area contributed by atoms with Gasteiger partial charge in [-0.2, -0.15) is 0 Å². The number of aryl methyl sites for hydroxylation is 1. The van der Waals surface area contributed by atoms with E-state index in [1.807, 2.05) is 43.3 Å². The number of para-hydroxylation sites is 1. The van der Waals surface area contributed by atoms with E-state index in [0.717, 1.165) is 32.9 Å². The molecular formula is C23H21NO3S. The molecule has 4 rings (SSSR count). The monoisotopic (exact) mass is 391 g/mol. The number of hydrogen-bond acceptors (Lipinski definition) is 2. The molecule has 4 nitrogen and oxygen atoms in total. The molecule has 4 aromatic rings. The Morgan fingerprint density at radius 1 is 1.11 bits per heavy atom. The third kappa shape index (κ3) is 3.17. The SMILES string of the molecule is Cc1cc(CC(=O)O)c([S+](C)[O-])c2c1c1ccccc1n2Cc1ccccc1. The zero-order valence-corrected chi connectivity index (χ0v) is 16.6. The fraction of sp³-hybridized carbons (Fsp3) is 0.174. The minimum absolute atomic E-state index is 0.140. The van der Waals surface area contributed by atoms with Crippen LogP contribution in [0.25, 0.3) is 21.8 Å². The molecule has 5 heteroatoms. The Morgan fingerprint density at radius 3 is 2.46 bits per heavy atom. The molecule has 1 atom stereocenters. The molecule has 0 saturated carbocycles. The molecule has 0 amide bonds. The molecule has 0 fully saturated rings. The maximum Gasteiger partial charge on any atom is 0.308 e. The van der Waals surface area contributed by atoms with Gasteiger partial charge in [-0.05, 0) is 41.4 Å². The highest BCUT2D eigenvalue weighted by Crippen LogP contribution is 2.38. The van der Waals surface area contributed by atoms with Gasteiger partial charge in [0.1, 0.15) is 11.8 Å². The van der Waals surface area contributed by atoms with Gasteiger partial charge in [-0.15, -0.1) is 0 Å². The van der Waals surface area contributed by atoms with Gasteiger partial charge in [0.15, 0.2) is 4.90 Å². The zero-order valence-electron chi connectivity index (χ0n) is 15.8. The quantitative estimate of drug-likeness (QED) is 0.509. The van der Waals surface area contributed by atoms with E-state index >= 15 is 0 Å². The number of carbonyl (C=O) groups is 1. The summed E-state index contributed by atoms with van der Waals surface area (Å²) in [6.45, 7) is 2.63. The van der Waals surface area contributed by atoms with Crippen molar-refractivity contribution in [3.8, 4) is 0 Å². The second-order valence-electron chi connectivity index (χ2n) is 7.02. The maximum atomic E-state index is 12.8. The van der Waals surface area contributed by atoms with E-state index in [9.17, 15) is 14.5 Å². The van der Waals surface area contributed by atoms with Crippen molar-refractivity contribution in [2.45, 2.75) is 24.8 Å². The van der Waals surface area contributed by atoms with Crippen molar-refractivity contribution in [1.29, 1.82) is 0 Å². The minimum Gasteiger partial charge on any atom is -0.612 e. The van der Waals surface area contributed by atoms with Gasteiger partial charge in [-0.3, -0.25) is 4.79 Å². The van der Waals surface area contributed by atoms with Crippen LogP contribution >= 0.6 is 0 Å². The van der Waals surface area contributed by atoms with Crippen molar-refractivity contribution in [3.63, 3.8) is 0 Å². The summed E-state index contributed by atoms with van der Waals surface area (Å²) in [5.41, 5.74) is 4.70. The highest BCUT2D eigenvalue weighted by molar-refractivity contribution is 7.91. The summed E-state index contributed by atoms with van der Waals surface area (Å²) in [5, 5.41) is 11.5. The van der Waals surface area contributed by atoms with Gasteiger partial charge in [0.05, 0.1) is 6.42 Å². The Morgan fingerprint density at radius 2 is 1.79 bits per heavy atom. The summed E-state index contributed by atoms with van der Waals surface area (Å²) in [7, 11) is 0. The van der Waals surface area contributed by atoms with Crippen LogP contribution < -0.4 is 0 Å². The minimum atomic E-state index is -1.32. The van der Waals surface area contributed by atoms with Crippen LogP contribution in [0, 0.1) is 6.92 Å². The second kappa shape index (κ2) is 7.34. The summed E-state index contributed by atoms with van der Waals surface area (Å²) in [6, 6.07) is 20.1. The molecule has 0 radical (unpaired) electrons. The molecule has 1 heterocycles. The molecule has 1 aromatic heterocycles. The molecule has 0 aliphatic carbocycles. The third-order valence-corrected chi connectivity index (χ3v) is 6.11. The Balaban J connectivity index is 2.12. The summed E-state index contributed by atoms with van der Waals surface area (Å²) < 4.78 is 14.9. The molecule has 0 aliphatic rings. The molecule has 0 spiro atoms. The first-order valence-electron chi connectivity index (χ1n) is 9.10. The predicted octanol–water partition coefficient (Wildman–Crippen LogP) is 4.52. The highest BCUT2D eigenvalue weighted by Gasteiger charge is 2.25. The van der Waals surface area contributed by atoms with Crippen LogP contribution in [0.5, 0.6) is 0 Å². The smallest absolute Gasteiger partial charge is 0.308 e. The lowest BCUT2D eigenvalue weighted by atomic mass is 10.0. The number of nitrogens with zero attached hydrogens (tertiary/aromatic N) is 1. The van der Waals surface area contributed by atoms with Crippen LogP contribution in [0.15, 0.2) is 65.6 Å². The number of aliphatic carboxylic acids is 1. The van der Waals surface area contributed by atoms with Crippen molar-refractivity contribution in [2.24, 2.45) is 0 Å². The molecule has 1 unspecified atom stereocenters. The first kappa shape index (κ1) is 18.6. The predicted molar refractivity (Wildman–Crippen MR) is 113 cm³/mol. The molecule has 0 aliphatic heterocycles. The first-order chi connectivity index (χ1) is 13.5. The number of hydrogen-bond donors (Lipinski definition) is 1. The topological polar surface area (TPSA) is 65.3 Å². The number of rotatable bonds is 5. The van der Waals surface area contributed by atoms with Crippen LogP contribution in [0.2, 0.25) is 0 Å². The average Bonchev–Trinajstić information content (AvgIpc) is 2.97. The van der Waals surface area contributed by atoms with Gasteiger partial charge in [0.25, 0.3) is 0 Å². The highest BCUT2D eigenvalue weighted by atomic mass is 32.2. The lowest BCUT2D eigenvalue weighted by molar-refractivity contribution is -0.136. The summed E-state index contributed by atoms with van der Waals surface area (Å²) in [5.74, 6) is -0.920. The largest absolute Gasteiger partial charge is 0.612 e. The normalized spacial score (nSPS) is 12.5. The Kier molecular flexibility index (Phi) is 4.87. The van der Waals surface area contributed by atoms with Gasteiger partial charge in [-0.25, -0.2) is 0 Å². The third-order valence-electron chi connectivity index (χ3n) is 5.08. The fourth-order valence-corrected chi connectivity index (χ4v) is 5.02. The lowest BCUT2D eigenvalue weighted by Crippen LogP contribution is -2.11. The van der Waals surface area contributed by atoms with Crippen LogP contribution in [-0.4, -0.2) is 26.5 Å². The first-order valence-corrected chi connectivity index (χ1v) is 10.7. The van der Waals surface area contributed by atoms with Gasteiger partial charge in [0.2, 0.25) is 0 Å². The second-order valence-corrected chi connectivity index (χ2v) is 8.34. The van der Waals surface area contributed by atoms with Crippen LogP contribution in [0.4, 0.5) is 0 Å². The molecule has 3 aromatic carbocycles. The van der Waals surface area contributed by atoms with Crippen LogP contribution in [0.3, 0.4) is 0 Å². The molecule has 28 heavy (non-hydrogen) atoms. The van der Waals surface area contributed by atoms with Gasteiger partial charge < -0.3 is 14.2 Å². The van der Waals surface area contributed by atoms with E-state index in [1.54, 1.807) is 6.26 Å². The Hall–Kier alpha value is -2.76. The number of fused-ring (bicyclic) bond motifs is 3. The number of aromatic nitrogens is 1. The van der Waals surface area contributed by atoms with Crippen molar-refractivity contribution in [3.05, 3.63) is 77.4 Å². The van der Waals surface area contributed by atoms with Crippen molar-refractivity contribution in [2.75, 3.05) is 6.26 Å². The molecule has 1 N–H and O–H groups in total. The number of carboxylic acids is 1. The van der Waals surface area contributed by atoms with Crippen molar-refractivity contribution < 1.29 is 14.5 Å².